The molecule has 0 fully saturated rings. The molecule has 0 bridgehead atoms. The van der Waals surface area contributed by atoms with E-state index in [-0.39, 0.29) is 18.1 Å². The molecule has 2 aliphatic rings. The van der Waals surface area contributed by atoms with E-state index >= 15 is 0 Å². The highest BCUT2D eigenvalue weighted by Gasteiger charge is 2.41. The third kappa shape index (κ3) is 1.82. The van der Waals surface area contributed by atoms with Crippen LogP contribution in [0.25, 0.3) is 0 Å². The van der Waals surface area contributed by atoms with Crippen LogP contribution in [0.2, 0.25) is 5.02 Å². The monoisotopic (exact) mass is 288 g/mol. The lowest BCUT2D eigenvalue weighted by Gasteiger charge is -2.23. The fourth-order valence-electron chi connectivity index (χ4n) is 2.35. The number of ether oxygens (including phenoxy) is 2. The van der Waals surface area contributed by atoms with Gasteiger partial charge < -0.3 is 15.2 Å². The van der Waals surface area contributed by atoms with Gasteiger partial charge in [-0.3, -0.25) is 0 Å². The summed E-state index contributed by atoms with van der Waals surface area (Å²) >= 11 is 5.86. The molecule has 3 rings (SSSR count). The standard InChI is InChI=1S/C14H9ClN2O3/c15-8-3-1-7(2-4-8)11-9(5-16)13(17)20-10-6-19-14(18)12(10)11/h1-4,11H,6,17H2. The Morgan fingerprint density at radius 3 is 2.70 bits per heavy atom. The summed E-state index contributed by atoms with van der Waals surface area (Å²) in [6, 6.07) is 8.89. The van der Waals surface area contributed by atoms with Crippen LogP contribution in [0.1, 0.15) is 11.5 Å². The van der Waals surface area contributed by atoms with Crippen LogP contribution in [0.3, 0.4) is 0 Å². The Labute approximate surface area is 119 Å². The number of nitrogens with two attached hydrogens (primary N) is 1. The number of hydrogen-bond donors (Lipinski definition) is 1. The first kappa shape index (κ1) is 12.6. The van der Waals surface area contributed by atoms with Gasteiger partial charge in [0.25, 0.3) is 0 Å². The minimum Gasteiger partial charge on any atom is -0.454 e. The zero-order chi connectivity index (χ0) is 14.3. The maximum Gasteiger partial charge on any atom is 0.339 e. The van der Waals surface area contributed by atoms with Gasteiger partial charge in [-0.15, -0.1) is 0 Å². The quantitative estimate of drug-likeness (QED) is 0.798. The van der Waals surface area contributed by atoms with Gasteiger partial charge >= 0.3 is 5.97 Å². The molecule has 0 aliphatic carbocycles. The number of esters is 1. The van der Waals surface area contributed by atoms with E-state index in [0.717, 1.165) is 5.56 Å². The van der Waals surface area contributed by atoms with Gasteiger partial charge in [0.1, 0.15) is 18.2 Å². The number of benzene rings is 1. The Bertz CT molecular complexity index is 698. The fraction of sp³-hybridized carbons (Fsp3) is 0.143. The van der Waals surface area contributed by atoms with Gasteiger partial charge in [0.05, 0.1) is 11.5 Å². The van der Waals surface area contributed by atoms with Crippen LogP contribution in [0.4, 0.5) is 0 Å². The van der Waals surface area contributed by atoms with Gasteiger partial charge in [-0.05, 0) is 17.7 Å². The second kappa shape index (κ2) is 4.58. The summed E-state index contributed by atoms with van der Waals surface area (Å²) in [6.45, 7) is 0.0394. The van der Waals surface area contributed by atoms with Crippen molar-refractivity contribution in [3.8, 4) is 6.07 Å². The fourth-order valence-corrected chi connectivity index (χ4v) is 2.47. The van der Waals surface area contributed by atoms with E-state index in [0.29, 0.717) is 16.4 Å². The Hall–Kier alpha value is -2.45. The van der Waals surface area contributed by atoms with Crippen molar-refractivity contribution in [2.24, 2.45) is 5.73 Å². The van der Waals surface area contributed by atoms with Gasteiger partial charge in [-0.25, -0.2) is 4.79 Å². The molecule has 0 amide bonds. The van der Waals surface area contributed by atoms with Crippen molar-refractivity contribution < 1.29 is 14.3 Å². The zero-order valence-electron chi connectivity index (χ0n) is 10.2. The normalized spacial score (nSPS) is 21.2. The minimum atomic E-state index is -0.573. The Morgan fingerprint density at radius 2 is 2.05 bits per heavy atom. The molecule has 1 aromatic carbocycles. The lowest BCUT2D eigenvalue weighted by molar-refractivity contribution is -0.136. The van der Waals surface area contributed by atoms with Gasteiger partial charge in [0.2, 0.25) is 5.88 Å². The third-order valence-electron chi connectivity index (χ3n) is 3.25. The molecule has 20 heavy (non-hydrogen) atoms. The van der Waals surface area contributed by atoms with Crippen molar-refractivity contribution in [2.75, 3.05) is 6.61 Å². The molecule has 0 radical (unpaired) electrons. The van der Waals surface area contributed by atoms with Crippen LogP contribution < -0.4 is 5.73 Å². The largest absolute Gasteiger partial charge is 0.454 e. The predicted molar refractivity (Wildman–Crippen MR) is 70.1 cm³/mol. The molecule has 0 saturated heterocycles. The molecular formula is C14H9ClN2O3. The van der Waals surface area contributed by atoms with Crippen LogP contribution >= 0.6 is 11.6 Å². The predicted octanol–water partition coefficient (Wildman–Crippen LogP) is 1.96. The summed E-state index contributed by atoms with van der Waals surface area (Å²) in [7, 11) is 0. The number of carbonyl (C=O) groups excluding carboxylic acids is 1. The number of carbonyl (C=O) groups is 1. The smallest absolute Gasteiger partial charge is 0.339 e. The first-order chi connectivity index (χ1) is 9.61. The van der Waals surface area contributed by atoms with Crippen LogP contribution in [0.15, 0.2) is 47.1 Å². The number of halogens is 1. The van der Waals surface area contributed by atoms with Gasteiger partial charge in [0.15, 0.2) is 5.76 Å². The number of rotatable bonds is 1. The van der Waals surface area contributed by atoms with Crippen molar-refractivity contribution in [3.05, 3.63) is 57.6 Å². The Morgan fingerprint density at radius 1 is 1.35 bits per heavy atom. The molecule has 100 valence electrons. The summed E-state index contributed by atoms with van der Waals surface area (Å²) in [6.07, 6.45) is 0. The molecule has 5 nitrogen and oxygen atoms in total. The highest BCUT2D eigenvalue weighted by molar-refractivity contribution is 6.30. The summed E-state index contributed by atoms with van der Waals surface area (Å²) in [5.74, 6) is -0.688. The molecule has 0 aromatic heterocycles. The summed E-state index contributed by atoms with van der Waals surface area (Å²) < 4.78 is 10.3. The first-order valence-electron chi connectivity index (χ1n) is 5.85. The van der Waals surface area contributed by atoms with E-state index in [2.05, 4.69) is 0 Å². The van der Waals surface area contributed by atoms with E-state index in [4.69, 9.17) is 26.8 Å². The highest BCUT2D eigenvalue weighted by atomic mass is 35.5. The minimum absolute atomic E-state index is 0.00417. The van der Waals surface area contributed by atoms with E-state index in [1.54, 1.807) is 24.3 Å². The van der Waals surface area contributed by atoms with Crippen LogP contribution in [0, 0.1) is 11.3 Å². The summed E-state index contributed by atoms with van der Waals surface area (Å²) in [5.41, 5.74) is 7.03. The maximum atomic E-state index is 11.9. The molecule has 1 aromatic rings. The SMILES string of the molecule is N#CC1=C(N)OC2=C(C(=O)OC2)C1c1ccc(Cl)cc1. The molecule has 2 N–H and O–H groups in total. The molecule has 1 unspecified atom stereocenters. The van der Waals surface area contributed by atoms with Crippen LogP contribution in [-0.4, -0.2) is 12.6 Å². The van der Waals surface area contributed by atoms with Crippen LogP contribution in [0.5, 0.6) is 0 Å². The van der Waals surface area contributed by atoms with Crippen molar-refractivity contribution in [1.82, 2.24) is 0 Å². The van der Waals surface area contributed by atoms with Crippen molar-refractivity contribution in [2.45, 2.75) is 5.92 Å². The molecular weight excluding hydrogens is 280 g/mol. The average molecular weight is 289 g/mol. The molecule has 6 heteroatoms. The van der Waals surface area contributed by atoms with Gasteiger partial charge in [0, 0.05) is 5.02 Å². The van der Waals surface area contributed by atoms with E-state index in [9.17, 15) is 10.1 Å². The topological polar surface area (TPSA) is 85.3 Å². The molecule has 0 spiro atoms. The number of cyclic esters (lactones) is 1. The van der Waals surface area contributed by atoms with Crippen molar-refractivity contribution in [3.63, 3.8) is 0 Å². The van der Waals surface area contributed by atoms with Gasteiger partial charge in [-0.1, -0.05) is 23.7 Å². The molecule has 2 heterocycles. The Balaban J connectivity index is 2.16. The summed E-state index contributed by atoms with van der Waals surface area (Å²) in [4.78, 5) is 11.9. The van der Waals surface area contributed by atoms with E-state index in [1.165, 1.54) is 0 Å². The number of nitriles is 1. The molecule has 1 atom stereocenters. The van der Waals surface area contributed by atoms with Crippen molar-refractivity contribution >= 4 is 17.6 Å². The average Bonchev–Trinajstić information content (AvgIpc) is 2.79. The lowest BCUT2D eigenvalue weighted by Crippen LogP contribution is -2.21. The third-order valence-corrected chi connectivity index (χ3v) is 3.51. The number of hydrogen-bond acceptors (Lipinski definition) is 5. The summed E-state index contributed by atoms with van der Waals surface area (Å²) in [5, 5.41) is 9.85. The lowest BCUT2D eigenvalue weighted by atomic mass is 9.83. The maximum absolute atomic E-state index is 11.9. The molecule has 2 aliphatic heterocycles. The highest BCUT2D eigenvalue weighted by Crippen LogP contribution is 2.42. The molecule has 0 saturated carbocycles. The van der Waals surface area contributed by atoms with E-state index < -0.39 is 11.9 Å². The van der Waals surface area contributed by atoms with Crippen molar-refractivity contribution in [1.29, 1.82) is 5.26 Å². The van der Waals surface area contributed by atoms with Gasteiger partial charge in [-0.2, -0.15) is 5.26 Å². The number of nitrogens with zero attached hydrogens (tertiary/aromatic N) is 1. The Kier molecular flexibility index (Phi) is 2.88. The van der Waals surface area contributed by atoms with Crippen LogP contribution in [-0.2, 0) is 14.3 Å². The zero-order valence-corrected chi connectivity index (χ0v) is 11.0. The number of allylic oxidation sites excluding steroid dienone is 1. The second-order valence-corrected chi connectivity index (χ2v) is 4.83. The van der Waals surface area contributed by atoms with E-state index in [1.807, 2.05) is 6.07 Å². The second-order valence-electron chi connectivity index (χ2n) is 4.39. The first-order valence-corrected chi connectivity index (χ1v) is 6.23.